The molecule has 120 valence electrons. The van der Waals surface area contributed by atoms with Gasteiger partial charge < -0.3 is 9.15 Å². The molecule has 0 aliphatic heterocycles. The molecule has 23 heavy (non-hydrogen) atoms. The summed E-state index contributed by atoms with van der Waals surface area (Å²) in [6, 6.07) is 9.64. The maximum absolute atomic E-state index is 13.3. The summed E-state index contributed by atoms with van der Waals surface area (Å²) in [5.41, 5.74) is 2.31. The molecule has 1 amide bonds. The van der Waals surface area contributed by atoms with Crippen molar-refractivity contribution >= 4 is 12.1 Å². The van der Waals surface area contributed by atoms with E-state index in [0.29, 0.717) is 17.6 Å². The lowest BCUT2D eigenvalue weighted by Gasteiger charge is -2.05. The molecule has 1 aromatic heterocycles. The number of rotatable bonds is 6. The van der Waals surface area contributed by atoms with Crippen molar-refractivity contribution in [3.05, 3.63) is 53.7 Å². The van der Waals surface area contributed by atoms with Gasteiger partial charge in [0.05, 0.1) is 6.21 Å². The molecule has 0 saturated heterocycles. The molecule has 1 aliphatic rings. The fourth-order valence-electron chi connectivity index (χ4n) is 2.26. The third-order valence-electron chi connectivity index (χ3n) is 3.70. The summed E-state index contributed by atoms with van der Waals surface area (Å²) in [5, 5.41) is 3.80. The first kappa shape index (κ1) is 15.3. The third-order valence-corrected chi connectivity index (χ3v) is 3.70. The van der Waals surface area contributed by atoms with Crippen LogP contribution in [0.3, 0.4) is 0 Å². The molecule has 2 atom stereocenters. The van der Waals surface area contributed by atoms with E-state index in [1.165, 1.54) is 18.3 Å². The summed E-state index contributed by atoms with van der Waals surface area (Å²) in [6.45, 7) is 1.86. The summed E-state index contributed by atoms with van der Waals surface area (Å²) in [6.07, 6.45) is 2.58. The van der Waals surface area contributed by atoms with Crippen molar-refractivity contribution in [3.63, 3.8) is 0 Å². The number of para-hydroxylation sites is 1. The number of furan rings is 1. The molecule has 1 aliphatic carbocycles. The first-order valence-corrected chi connectivity index (χ1v) is 7.42. The van der Waals surface area contributed by atoms with Gasteiger partial charge in [-0.15, -0.1) is 0 Å². The Bertz CT molecular complexity index is 726. The zero-order valence-corrected chi connectivity index (χ0v) is 12.7. The summed E-state index contributed by atoms with van der Waals surface area (Å²) in [7, 11) is 0. The van der Waals surface area contributed by atoms with Crippen LogP contribution in [-0.4, -0.2) is 18.7 Å². The van der Waals surface area contributed by atoms with Crippen LogP contribution in [-0.2, 0) is 4.79 Å². The number of carbonyl (C=O) groups is 1. The van der Waals surface area contributed by atoms with Crippen LogP contribution in [0.1, 0.15) is 30.8 Å². The van der Waals surface area contributed by atoms with Gasteiger partial charge in [-0.05, 0) is 36.6 Å². The minimum atomic E-state index is -0.513. The van der Waals surface area contributed by atoms with Crippen molar-refractivity contribution in [1.82, 2.24) is 5.43 Å². The van der Waals surface area contributed by atoms with Crippen molar-refractivity contribution in [1.29, 1.82) is 0 Å². The van der Waals surface area contributed by atoms with E-state index in [9.17, 15) is 9.18 Å². The average molecular weight is 316 g/mol. The predicted octanol–water partition coefficient (Wildman–Crippen LogP) is 3.07. The molecule has 0 radical (unpaired) electrons. The molecule has 1 aromatic carbocycles. The van der Waals surface area contributed by atoms with Crippen molar-refractivity contribution < 1.29 is 18.3 Å². The fraction of sp³-hybridized carbons (Fsp3) is 0.294. The van der Waals surface area contributed by atoms with Crippen LogP contribution in [0.15, 0.2) is 45.9 Å². The number of hydrogen-bond acceptors (Lipinski definition) is 4. The van der Waals surface area contributed by atoms with Crippen LogP contribution >= 0.6 is 0 Å². The van der Waals surface area contributed by atoms with Gasteiger partial charge in [-0.1, -0.05) is 19.1 Å². The Hall–Kier alpha value is -2.63. The maximum atomic E-state index is 13.3. The van der Waals surface area contributed by atoms with Crippen molar-refractivity contribution in [2.45, 2.75) is 19.3 Å². The largest absolute Gasteiger partial charge is 0.481 e. The molecule has 0 spiro atoms. The van der Waals surface area contributed by atoms with E-state index < -0.39 is 11.7 Å². The highest BCUT2D eigenvalue weighted by atomic mass is 19.1. The zero-order chi connectivity index (χ0) is 16.2. The van der Waals surface area contributed by atoms with Gasteiger partial charge in [0.25, 0.3) is 5.91 Å². The van der Waals surface area contributed by atoms with Crippen LogP contribution in [0.4, 0.5) is 4.39 Å². The van der Waals surface area contributed by atoms with E-state index in [2.05, 4.69) is 17.5 Å². The lowest BCUT2D eigenvalue weighted by Crippen LogP contribution is -2.24. The Labute approximate surface area is 133 Å². The first-order valence-electron chi connectivity index (χ1n) is 7.42. The molecule has 6 heteroatoms. The number of benzene rings is 1. The second kappa shape index (κ2) is 6.64. The summed E-state index contributed by atoms with van der Waals surface area (Å²) < 4.78 is 24.0. The highest BCUT2D eigenvalue weighted by Crippen LogP contribution is 2.47. The van der Waals surface area contributed by atoms with Gasteiger partial charge in [-0.25, -0.2) is 9.82 Å². The molecule has 1 heterocycles. The van der Waals surface area contributed by atoms with Crippen molar-refractivity contribution in [2.75, 3.05) is 6.61 Å². The molecule has 2 aromatic rings. The monoisotopic (exact) mass is 316 g/mol. The van der Waals surface area contributed by atoms with Crippen molar-refractivity contribution in [2.24, 2.45) is 11.0 Å². The normalized spacial score (nSPS) is 19.7. The molecule has 0 bridgehead atoms. The standard InChI is InChI=1S/C17H17FN2O3/c1-11-8-13(11)15-7-6-12(23-15)9-19-20-17(21)10-22-16-5-3-2-4-14(16)18/h2-7,9,11,13H,8,10H2,1H3,(H,20,21)/b19-9-/t11-,13-/m1/s1. The Balaban J connectivity index is 1.45. The second-order valence-electron chi connectivity index (χ2n) is 5.57. The Morgan fingerprint density at radius 3 is 2.96 bits per heavy atom. The molecular formula is C17H17FN2O3. The molecule has 1 N–H and O–H groups in total. The highest BCUT2D eigenvalue weighted by Gasteiger charge is 2.36. The van der Waals surface area contributed by atoms with E-state index in [0.717, 1.165) is 12.2 Å². The molecule has 5 nitrogen and oxygen atoms in total. The average Bonchev–Trinajstić information content (AvgIpc) is 3.08. The second-order valence-corrected chi connectivity index (χ2v) is 5.57. The Morgan fingerprint density at radius 1 is 1.43 bits per heavy atom. The zero-order valence-electron chi connectivity index (χ0n) is 12.7. The summed E-state index contributed by atoms with van der Waals surface area (Å²) in [4.78, 5) is 11.6. The summed E-state index contributed by atoms with van der Waals surface area (Å²) in [5.74, 6) is 1.74. The number of ether oxygens (including phenoxy) is 1. The van der Waals surface area contributed by atoms with Gasteiger partial charge in [0.15, 0.2) is 18.2 Å². The summed E-state index contributed by atoms with van der Waals surface area (Å²) >= 11 is 0. The minimum Gasteiger partial charge on any atom is -0.481 e. The van der Waals surface area contributed by atoms with Crippen molar-refractivity contribution in [3.8, 4) is 5.75 Å². The van der Waals surface area contributed by atoms with Gasteiger partial charge in [0, 0.05) is 5.92 Å². The number of hydrazone groups is 1. The fourth-order valence-corrected chi connectivity index (χ4v) is 2.26. The van der Waals surface area contributed by atoms with Gasteiger partial charge >= 0.3 is 0 Å². The number of nitrogens with one attached hydrogen (secondary N) is 1. The first-order chi connectivity index (χ1) is 11.1. The van der Waals surface area contributed by atoms with Crippen LogP contribution in [0, 0.1) is 11.7 Å². The van der Waals surface area contributed by atoms with Gasteiger partial charge in [-0.3, -0.25) is 4.79 Å². The van der Waals surface area contributed by atoms with E-state index in [4.69, 9.17) is 9.15 Å². The van der Waals surface area contributed by atoms with E-state index >= 15 is 0 Å². The number of amides is 1. The third kappa shape index (κ3) is 3.97. The maximum Gasteiger partial charge on any atom is 0.277 e. The lowest BCUT2D eigenvalue weighted by molar-refractivity contribution is -0.123. The molecule has 0 unspecified atom stereocenters. The number of halogens is 1. The molecule has 3 rings (SSSR count). The van der Waals surface area contributed by atoms with Crippen LogP contribution in [0.25, 0.3) is 0 Å². The number of nitrogens with zero attached hydrogens (tertiary/aromatic N) is 1. The number of carbonyl (C=O) groups excluding carboxylic acids is 1. The molecule has 1 fully saturated rings. The molecule has 1 saturated carbocycles. The number of hydrogen-bond donors (Lipinski definition) is 1. The van der Waals surface area contributed by atoms with Gasteiger partial charge in [0.1, 0.15) is 11.5 Å². The van der Waals surface area contributed by atoms with Crippen LogP contribution in [0.2, 0.25) is 0 Å². The van der Waals surface area contributed by atoms with E-state index in [1.54, 1.807) is 12.1 Å². The lowest BCUT2D eigenvalue weighted by atomic mass is 10.3. The van der Waals surface area contributed by atoms with Gasteiger partial charge in [0.2, 0.25) is 0 Å². The van der Waals surface area contributed by atoms with E-state index in [1.807, 2.05) is 12.1 Å². The SMILES string of the molecule is C[C@@H]1C[C@H]1c1ccc(/C=N\NC(=O)COc2ccccc2F)o1. The Kier molecular flexibility index (Phi) is 4.41. The molecular weight excluding hydrogens is 299 g/mol. The van der Waals surface area contributed by atoms with Crippen LogP contribution < -0.4 is 10.2 Å². The predicted molar refractivity (Wildman–Crippen MR) is 82.9 cm³/mol. The van der Waals surface area contributed by atoms with Crippen LogP contribution in [0.5, 0.6) is 5.75 Å². The topological polar surface area (TPSA) is 63.8 Å². The minimum absolute atomic E-state index is 0.0286. The quantitative estimate of drug-likeness (QED) is 0.658. The highest BCUT2D eigenvalue weighted by molar-refractivity contribution is 5.81. The van der Waals surface area contributed by atoms with E-state index in [-0.39, 0.29) is 12.4 Å². The van der Waals surface area contributed by atoms with Gasteiger partial charge in [-0.2, -0.15) is 5.10 Å². The smallest absolute Gasteiger partial charge is 0.277 e. The Morgan fingerprint density at radius 2 is 2.22 bits per heavy atom.